The van der Waals surface area contributed by atoms with Gasteiger partial charge in [0, 0.05) is 19.5 Å². The molecule has 0 bridgehead atoms. The molecule has 1 amide bonds. The van der Waals surface area contributed by atoms with Crippen LogP contribution in [0.3, 0.4) is 0 Å². The summed E-state index contributed by atoms with van der Waals surface area (Å²) in [6, 6.07) is 6.38. The van der Waals surface area contributed by atoms with Gasteiger partial charge in [-0.2, -0.15) is 0 Å². The lowest BCUT2D eigenvalue weighted by Crippen LogP contribution is -2.31. The van der Waals surface area contributed by atoms with Crippen LogP contribution >= 0.6 is 0 Å². The molecule has 1 aromatic carbocycles. The molecule has 0 spiro atoms. The lowest BCUT2D eigenvalue weighted by Gasteiger charge is -2.18. The summed E-state index contributed by atoms with van der Waals surface area (Å²) in [4.78, 5) is 13.8. The van der Waals surface area contributed by atoms with Crippen molar-refractivity contribution >= 4 is 5.91 Å². The van der Waals surface area contributed by atoms with Crippen LogP contribution in [0.5, 0.6) is 0 Å². The van der Waals surface area contributed by atoms with E-state index in [9.17, 15) is 14.3 Å². The predicted octanol–water partition coefficient (Wildman–Crippen LogP) is 2.16. The van der Waals surface area contributed by atoms with Crippen LogP contribution < -0.4 is 0 Å². The highest BCUT2D eigenvalue weighted by atomic mass is 19.1. The SMILES string of the molecule is CC(O)CCN(C)C(=O)C1CC1c1ccc(F)cc1. The Kier molecular flexibility index (Phi) is 4.20. The Morgan fingerprint density at radius 1 is 1.47 bits per heavy atom. The van der Waals surface area contributed by atoms with Gasteiger partial charge in [-0.1, -0.05) is 12.1 Å². The summed E-state index contributed by atoms with van der Waals surface area (Å²) in [5.74, 6) is 0.114. The summed E-state index contributed by atoms with van der Waals surface area (Å²) in [6.45, 7) is 2.29. The minimum absolute atomic E-state index is 0.0180. The highest BCUT2D eigenvalue weighted by Gasteiger charge is 2.44. The zero-order chi connectivity index (χ0) is 14.0. The van der Waals surface area contributed by atoms with Crippen molar-refractivity contribution in [3.63, 3.8) is 0 Å². The van der Waals surface area contributed by atoms with Gasteiger partial charge in [0.1, 0.15) is 5.82 Å². The molecule has 0 aliphatic heterocycles. The highest BCUT2D eigenvalue weighted by Crippen LogP contribution is 2.48. The Morgan fingerprint density at radius 2 is 2.11 bits per heavy atom. The number of amides is 1. The number of hydrogen-bond acceptors (Lipinski definition) is 2. The largest absolute Gasteiger partial charge is 0.393 e. The van der Waals surface area contributed by atoms with E-state index in [2.05, 4.69) is 0 Å². The second-order valence-corrected chi connectivity index (χ2v) is 5.40. The van der Waals surface area contributed by atoms with Crippen LogP contribution in [0.2, 0.25) is 0 Å². The number of nitrogens with zero attached hydrogens (tertiary/aromatic N) is 1. The second kappa shape index (κ2) is 5.70. The van der Waals surface area contributed by atoms with Crippen LogP contribution in [0.1, 0.15) is 31.2 Å². The number of rotatable bonds is 5. The molecule has 1 saturated carbocycles. The standard InChI is InChI=1S/C15H20FNO2/c1-10(18)7-8-17(2)15(19)14-9-13(14)11-3-5-12(16)6-4-11/h3-6,10,13-14,18H,7-9H2,1-2H3. The molecule has 0 saturated heterocycles. The first-order chi connectivity index (χ1) is 8.99. The lowest BCUT2D eigenvalue weighted by atomic mass is 10.1. The maximum atomic E-state index is 12.8. The summed E-state index contributed by atoms with van der Waals surface area (Å²) >= 11 is 0. The third-order valence-electron chi connectivity index (χ3n) is 3.66. The molecule has 4 heteroatoms. The van der Waals surface area contributed by atoms with Crippen LogP contribution in [-0.2, 0) is 4.79 Å². The van der Waals surface area contributed by atoms with Gasteiger partial charge in [-0.25, -0.2) is 4.39 Å². The first-order valence-corrected chi connectivity index (χ1v) is 6.67. The summed E-state index contributed by atoms with van der Waals surface area (Å²) < 4.78 is 12.8. The molecular formula is C15H20FNO2. The maximum Gasteiger partial charge on any atom is 0.226 e. The van der Waals surface area contributed by atoms with Gasteiger partial charge in [-0.3, -0.25) is 4.79 Å². The van der Waals surface area contributed by atoms with E-state index in [0.717, 1.165) is 12.0 Å². The van der Waals surface area contributed by atoms with E-state index in [1.807, 2.05) is 0 Å². The quantitative estimate of drug-likeness (QED) is 0.886. The Bertz CT molecular complexity index is 444. The van der Waals surface area contributed by atoms with Crippen molar-refractivity contribution in [2.75, 3.05) is 13.6 Å². The molecule has 1 aliphatic rings. The van der Waals surface area contributed by atoms with Gasteiger partial charge in [-0.15, -0.1) is 0 Å². The Balaban J connectivity index is 1.88. The monoisotopic (exact) mass is 265 g/mol. The fourth-order valence-corrected chi connectivity index (χ4v) is 2.32. The number of halogens is 1. The zero-order valence-corrected chi connectivity index (χ0v) is 11.3. The Morgan fingerprint density at radius 3 is 2.68 bits per heavy atom. The van der Waals surface area contributed by atoms with Crippen molar-refractivity contribution in [3.05, 3.63) is 35.6 Å². The fourth-order valence-electron chi connectivity index (χ4n) is 2.32. The lowest BCUT2D eigenvalue weighted by molar-refractivity contribution is -0.131. The molecule has 1 fully saturated rings. The van der Waals surface area contributed by atoms with Crippen LogP contribution in [-0.4, -0.2) is 35.6 Å². The topological polar surface area (TPSA) is 40.5 Å². The minimum Gasteiger partial charge on any atom is -0.393 e. The molecule has 0 heterocycles. The molecule has 2 rings (SSSR count). The zero-order valence-electron chi connectivity index (χ0n) is 11.3. The molecule has 3 unspecified atom stereocenters. The molecule has 3 nitrogen and oxygen atoms in total. The van der Waals surface area contributed by atoms with Gasteiger partial charge in [0.2, 0.25) is 5.91 Å². The smallest absolute Gasteiger partial charge is 0.226 e. The highest BCUT2D eigenvalue weighted by molar-refractivity contribution is 5.82. The number of benzene rings is 1. The van der Waals surface area contributed by atoms with Gasteiger partial charge < -0.3 is 10.0 Å². The Hall–Kier alpha value is -1.42. The Labute approximate surface area is 113 Å². The van der Waals surface area contributed by atoms with E-state index >= 15 is 0 Å². The second-order valence-electron chi connectivity index (χ2n) is 5.40. The maximum absolute atomic E-state index is 12.8. The van der Waals surface area contributed by atoms with Crippen molar-refractivity contribution in [2.45, 2.75) is 31.8 Å². The summed E-state index contributed by atoms with van der Waals surface area (Å²) in [6.07, 6.45) is 1.04. The average Bonchev–Trinajstić information content (AvgIpc) is 3.16. The summed E-state index contributed by atoms with van der Waals surface area (Å²) in [5.41, 5.74) is 1.03. The minimum atomic E-state index is -0.387. The van der Waals surface area contributed by atoms with Gasteiger partial charge >= 0.3 is 0 Å². The average molecular weight is 265 g/mol. The molecule has 1 N–H and O–H groups in total. The van der Waals surface area contributed by atoms with Crippen LogP contribution in [0.25, 0.3) is 0 Å². The molecule has 0 radical (unpaired) electrons. The van der Waals surface area contributed by atoms with E-state index in [-0.39, 0.29) is 29.7 Å². The van der Waals surface area contributed by atoms with Gasteiger partial charge in [-0.05, 0) is 43.4 Å². The van der Waals surface area contributed by atoms with E-state index in [4.69, 9.17) is 0 Å². The normalized spacial score (nSPS) is 22.9. The molecular weight excluding hydrogens is 245 g/mol. The summed E-state index contributed by atoms with van der Waals surface area (Å²) in [5, 5.41) is 9.22. The molecule has 1 aromatic rings. The van der Waals surface area contributed by atoms with Crippen molar-refractivity contribution in [1.29, 1.82) is 0 Å². The molecule has 19 heavy (non-hydrogen) atoms. The first kappa shape index (κ1) is 14.0. The molecule has 3 atom stereocenters. The number of aliphatic hydroxyl groups excluding tert-OH is 1. The molecule has 1 aliphatic carbocycles. The van der Waals surface area contributed by atoms with E-state index in [0.29, 0.717) is 13.0 Å². The van der Waals surface area contributed by atoms with Gasteiger partial charge in [0.15, 0.2) is 0 Å². The number of carbonyl (C=O) groups is 1. The fraction of sp³-hybridized carbons (Fsp3) is 0.533. The van der Waals surface area contributed by atoms with E-state index < -0.39 is 0 Å². The van der Waals surface area contributed by atoms with Crippen molar-refractivity contribution in [2.24, 2.45) is 5.92 Å². The third-order valence-corrected chi connectivity index (χ3v) is 3.66. The first-order valence-electron chi connectivity index (χ1n) is 6.67. The van der Waals surface area contributed by atoms with Gasteiger partial charge in [0.25, 0.3) is 0 Å². The van der Waals surface area contributed by atoms with Crippen LogP contribution in [0.4, 0.5) is 4.39 Å². The van der Waals surface area contributed by atoms with E-state index in [1.165, 1.54) is 12.1 Å². The number of carbonyl (C=O) groups excluding carboxylic acids is 1. The van der Waals surface area contributed by atoms with Gasteiger partial charge in [0.05, 0.1) is 6.10 Å². The molecule has 104 valence electrons. The predicted molar refractivity (Wildman–Crippen MR) is 71.2 cm³/mol. The van der Waals surface area contributed by atoms with Crippen LogP contribution in [0.15, 0.2) is 24.3 Å². The number of hydrogen-bond donors (Lipinski definition) is 1. The van der Waals surface area contributed by atoms with Crippen molar-refractivity contribution in [1.82, 2.24) is 4.90 Å². The number of aliphatic hydroxyl groups is 1. The molecule has 0 aromatic heterocycles. The van der Waals surface area contributed by atoms with Crippen molar-refractivity contribution < 1.29 is 14.3 Å². The summed E-state index contributed by atoms with van der Waals surface area (Å²) in [7, 11) is 1.77. The van der Waals surface area contributed by atoms with Crippen LogP contribution in [0, 0.1) is 11.7 Å². The third kappa shape index (κ3) is 3.53. The van der Waals surface area contributed by atoms with Crippen molar-refractivity contribution in [3.8, 4) is 0 Å². The van der Waals surface area contributed by atoms with E-state index in [1.54, 1.807) is 31.0 Å².